The molecule has 0 aliphatic carbocycles. The van der Waals surface area contributed by atoms with Crippen molar-refractivity contribution in [3.05, 3.63) is 125 Å². The summed E-state index contributed by atoms with van der Waals surface area (Å²) in [6.07, 6.45) is 0.786. The van der Waals surface area contributed by atoms with Crippen LogP contribution in [0, 0.1) is 0 Å². The first-order chi connectivity index (χ1) is 14.3. The molecule has 0 heterocycles. The third-order valence-electron chi connectivity index (χ3n) is 5.31. The summed E-state index contributed by atoms with van der Waals surface area (Å²) < 4.78 is 0. The summed E-state index contributed by atoms with van der Waals surface area (Å²) in [6.45, 7) is 0. The Morgan fingerprint density at radius 3 is 1.57 bits per heavy atom. The molecule has 0 N–H and O–H groups in total. The third-order valence-corrected chi connectivity index (χ3v) is 10.7. The van der Waals surface area contributed by atoms with Gasteiger partial charge in [-0.2, -0.15) is 0 Å². The van der Waals surface area contributed by atoms with E-state index in [-0.39, 0.29) is 12.4 Å². The van der Waals surface area contributed by atoms with E-state index >= 15 is 0 Å². The lowest BCUT2D eigenvalue weighted by Crippen LogP contribution is -3.00. The fraction of sp³-hybridized carbons (Fsp3) is 0.0769. The molecule has 0 saturated heterocycles. The molecule has 4 aromatic carbocycles. The first-order valence-corrected chi connectivity index (χ1v) is 12.5. The Bertz CT molecular complexity index is 1040. The molecule has 30 heavy (non-hydrogen) atoms. The molecule has 0 atom stereocenters. The highest BCUT2D eigenvalue weighted by atomic mass is 35.5. The van der Waals surface area contributed by atoms with Gasteiger partial charge in [0.25, 0.3) is 0 Å². The lowest BCUT2D eigenvalue weighted by molar-refractivity contribution is -0.00000545. The quantitative estimate of drug-likeness (QED) is 0.299. The zero-order valence-corrected chi connectivity index (χ0v) is 19.5. The van der Waals surface area contributed by atoms with E-state index in [2.05, 4.69) is 91.0 Å². The molecule has 152 valence electrons. The normalized spacial score (nSPS) is 11.0. The van der Waals surface area contributed by atoms with Crippen LogP contribution >= 0.6 is 30.5 Å². The topological polar surface area (TPSA) is 0 Å². The molecule has 4 heteroatoms. The molecule has 0 fully saturated rings. The molecule has 0 amide bonds. The Kier molecular flexibility index (Phi) is 7.98. The van der Waals surface area contributed by atoms with Crippen molar-refractivity contribution >= 4 is 46.4 Å². The second kappa shape index (κ2) is 10.5. The lowest BCUT2D eigenvalue weighted by Gasteiger charge is -2.27. The van der Waals surface area contributed by atoms with Gasteiger partial charge in [-0.1, -0.05) is 96.0 Å². The SMILES string of the molecule is ClC[P+](c1ccccc1)(c1ccccc1)c1ccccc1Cc1ccccc1Cl.[Cl-]. The second-order valence-electron chi connectivity index (χ2n) is 7.00. The van der Waals surface area contributed by atoms with E-state index in [1.54, 1.807) is 0 Å². The standard InChI is InChI=1S/C26H22Cl2P.ClH/c27-20-29(23-13-3-1-4-14-23,24-15-5-2-6-16-24)26-18-10-8-12-22(26)19-21-11-7-9-17-25(21)28;/h1-18H,19-20H2;1H/q+1;/p-1. The van der Waals surface area contributed by atoms with Crippen LogP contribution < -0.4 is 28.3 Å². The van der Waals surface area contributed by atoms with E-state index < -0.39 is 7.26 Å². The number of hydrogen-bond donors (Lipinski definition) is 0. The van der Waals surface area contributed by atoms with Crippen molar-refractivity contribution in [2.45, 2.75) is 6.42 Å². The summed E-state index contributed by atoms with van der Waals surface area (Å²) in [7, 11) is -2.00. The average Bonchev–Trinajstić information content (AvgIpc) is 2.79. The molecule has 0 aliphatic rings. The highest BCUT2D eigenvalue weighted by Crippen LogP contribution is 2.56. The second-order valence-corrected chi connectivity index (χ2v) is 11.5. The highest BCUT2D eigenvalue weighted by molar-refractivity contribution is 7.96. The summed E-state index contributed by atoms with van der Waals surface area (Å²) in [6, 6.07) is 38.2. The highest BCUT2D eigenvalue weighted by Gasteiger charge is 2.46. The van der Waals surface area contributed by atoms with Crippen LogP contribution in [0.1, 0.15) is 11.1 Å². The minimum atomic E-state index is -2.00. The Labute approximate surface area is 195 Å². The lowest BCUT2D eigenvalue weighted by atomic mass is 10.1. The third kappa shape index (κ3) is 4.43. The fourth-order valence-electron chi connectivity index (χ4n) is 3.87. The van der Waals surface area contributed by atoms with E-state index in [0.717, 1.165) is 17.0 Å². The van der Waals surface area contributed by atoms with Crippen LogP contribution in [0.5, 0.6) is 0 Å². The zero-order valence-electron chi connectivity index (χ0n) is 16.4. The average molecular weight is 472 g/mol. The Balaban J connectivity index is 0.00000256. The summed E-state index contributed by atoms with van der Waals surface area (Å²) in [5.74, 6) is 0. The number of alkyl halides is 1. The minimum Gasteiger partial charge on any atom is -1.00 e. The minimum absolute atomic E-state index is 0. The first kappa shape index (κ1) is 22.9. The molecule has 0 spiro atoms. The van der Waals surface area contributed by atoms with Gasteiger partial charge >= 0.3 is 0 Å². The predicted octanol–water partition coefficient (Wildman–Crippen LogP) is 3.43. The van der Waals surface area contributed by atoms with Crippen molar-refractivity contribution in [1.82, 2.24) is 0 Å². The van der Waals surface area contributed by atoms with Gasteiger partial charge in [-0.3, -0.25) is 0 Å². The maximum atomic E-state index is 6.86. The summed E-state index contributed by atoms with van der Waals surface area (Å²) in [4.78, 5) is 0. The monoisotopic (exact) mass is 470 g/mol. The molecule has 0 radical (unpaired) electrons. The molecule has 4 rings (SSSR count). The van der Waals surface area contributed by atoms with Crippen molar-refractivity contribution in [2.75, 3.05) is 5.62 Å². The number of hydrogen-bond acceptors (Lipinski definition) is 0. The van der Waals surface area contributed by atoms with Crippen LogP contribution in [-0.4, -0.2) is 5.62 Å². The van der Waals surface area contributed by atoms with Gasteiger partial charge in [-0.05, 0) is 47.5 Å². The Hall–Kier alpha value is -1.82. The molecule has 0 saturated carbocycles. The first-order valence-electron chi connectivity index (χ1n) is 9.63. The van der Waals surface area contributed by atoms with E-state index in [1.807, 2.05) is 18.2 Å². The molecule has 0 aromatic heterocycles. The van der Waals surface area contributed by atoms with Crippen molar-refractivity contribution < 1.29 is 12.4 Å². The van der Waals surface area contributed by atoms with Gasteiger partial charge in [0.1, 0.15) is 28.8 Å². The smallest absolute Gasteiger partial charge is 0.146 e. The van der Waals surface area contributed by atoms with E-state index in [1.165, 1.54) is 21.5 Å². The van der Waals surface area contributed by atoms with Crippen molar-refractivity contribution in [3.8, 4) is 0 Å². The fourth-order valence-corrected chi connectivity index (χ4v) is 8.90. The number of rotatable bonds is 6. The van der Waals surface area contributed by atoms with Gasteiger partial charge in [-0.15, -0.1) is 0 Å². The molecule has 4 aromatic rings. The molecular weight excluding hydrogens is 450 g/mol. The van der Waals surface area contributed by atoms with Gasteiger partial charge in [0, 0.05) is 11.4 Å². The van der Waals surface area contributed by atoms with Crippen LogP contribution in [0.15, 0.2) is 109 Å². The van der Waals surface area contributed by atoms with Crippen molar-refractivity contribution in [1.29, 1.82) is 0 Å². The van der Waals surface area contributed by atoms with E-state index in [0.29, 0.717) is 5.62 Å². The van der Waals surface area contributed by atoms with Crippen LogP contribution in [0.2, 0.25) is 5.02 Å². The number of halogens is 3. The molecule has 0 nitrogen and oxygen atoms in total. The molecule has 0 bridgehead atoms. The molecule has 0 unspecified atom stereocenters. The van der Waals surface area contributed by atoms with Gasteiger partial charge < -0.3 is 12.4 Å². The molecular formula is C26H22Cl3P. The zero-order chi connectivity index (χ0) is 20.1. The van der Waals surface area contributed by atoms with Crippen LogP contribution in [-0.2, 0) is 6.42 Å². The predicted molar refractivity (Wildman–Crippen MR) is 130 cm³/mol. The van der Waals surface area contributed by atoms with Crippen molar-refractivity contribution in [2.24, 2.45) is 0 Å². The Morgan fingerprint density at radius 2 is 1.03 bits per heavy atom. The van der Waals surface area contributed by atoms with Crippen LogP contribution in [0.25, 0.3) is 0 Å². The van der Waals surface area contributed by atoms with Gasteiger partial charge in [0.05, 0.1) is 0 Å². The molecule has 0 aliphatic heterocycles. The summed E-state index contributed by atoms with van der Waals surface area (Å²) in [5, 5.41) is 4.73. The number of benzene rings is 4. The summed E-state index contributed by atoms with van der Waals surface area (Å²) >= 11 is 13.3. The van der Waals surface area contributed by atoms with Crippen molar-refractivity contribution in [3.63, 3.8) is 0 Å². The summed E-state index contributed by atoms with van der Waals surface area (Å²) in [5.41, 5.74) is 2.97. The van der Waals surface area contributed by atoms with Gasteiger partial charge in [-0.25, -0.2) is 0 Å². The van der Waals surface area contributed by atoms with Gasteiger partial charge in [0.2, 0.25) is 0 Å². The van der Waals surface area contributed by atoms with E-state index in [9.17, 15) is 0 Å². The Morgan fingerprint density at radius 1 is 0.567 bits per heavy atom. The van der Waals surface area contributed by atoms with E-state index in [4.69, 9.17) is 23.2 Å². The van der Waals surface area contributed by atoms with Gasteiger partial charge in [0.15, 0.2) is 0 Å². The van der Waals surface area contributed by atoms with Crippen LogP contribution in [0.4, 0.5) is 0 Å². The maximum Gasteiger partial charge on any atom is 0.146 e. The largest absolute Gasteiger partial charge is 1.00 e. The van der Waals surface area contributed by atoms with Crippen LogP contribution in [0.3, 0.4) is 0 Å². The maximum absolute atomic E-state index is 6.86.